The van der Waals surface area contributed by atoms with Crippen LogP contribution < -0.4 is 5.32 Å². The summed E-state index contributed by atoms with van der Waals surface area (Å²) >= 11 is 0. The number of hydrogen-bond acceptors (Lipinski definition) is 6. The summed E-state index contributed by atoms with van der Waals surface area (Å²) in [5.74, 6) is 0.248. The van der Waals surface area contributed by atoms with Crippen molar-refractivity contribution in [2.75, 3.05) is 16.8 Å². The molecule has 1 unspecified atom stereocenters. The van der Waals surface area contributed by atoms with E-state index in [0.717, 1.165) is 16.6 Å². The summed E-state index contributed by atoms with van der Waals surface area (Å²) in [6.07, 6.45) is 1.98. The Bertz CT molecular complexity index is 1390. The topological polar surface area (TPSA) is 107 Å². The highest BCUT2D eigenvalue weighted by molar-refractivity contribution is 7.91. The Kier molecular flexibility index (Phi) is 4.62. The van der Waals surface area contributed by atoms with Gasteiger partial charge in [0.25, 0.3) is 5.91 Å². The van der Waals surface area contributed by atoms with Gasteiger partial charge in [0.1, 0.15) is 5.69 Å². The number of pyridine rings is 1. The van der Waals surface area contributed by atoms with Crippen molar-refractivity contribution in [3.63, 3.8) is 0 Å². The van der Waals surface area contributed by atoms with Crippen LogP contribution in [0.1, 0.15) is 28.6 Å². The number of amides is 1. The van der Waals surface area contributed by atoms with Crippen LogP contribution in [0.2, 0.25) is 0 Å². The minimum atomic E-state index is -3.12. The smallest absolute Gasteiger partial charge is 0.276 e. The average molecular weight is 436 g/mol. The zero-order valence-electron chi connectivity index (χ0n) is 16.8. The van der Waals surface area contributed by atoms with Crippen LogP contribution in [-0.2, 0) is 9.84 Å². The first-order valence-electron chi connectivity index (χ1n) is 9.91. The van der Waals surface area contributed by atoms with E-state index in [1.54, 1.807) is 22.9 Å². The van der Waals surface area contributed by atoms with E-state index in [4.69, 9.17) is 4.42 Å². The normalized spacial score (nSPS) is 17.8. The number of carbonyl (C=O) groups is 1. The monoisotopic (exact) mass is 436 g/mol. The molecular weight excluding hydrogens is 416 g/mol. The number of aryl methyl sites for hydroxylation is 1. The molecule has 4 aromatic rings. The zero-order chi connectivity index (χ0) is 21.6. The first-order valence-corrected chi connectivity index (χ1v) is 11.7. The minimum absolute atomic E-state index is 0.00219. The van der Waals surface area contributed by atoms with E-state index < -0.39 is 9.84 Å². The number of benzene rings is 1. The molecule has 1 aliphatic heterocycles. The largest absolute Gasteiger partial charge is 0.463 e. The molecule has 1 amide bonds. The third kappa shape index (κ3) is 3.72. The second kappa shape index (κ2) is 7.35. The fourth-order valence-electron chi connectivity index (χ4n) is 3.91. The maximum absolute atomic E-state index is 13.0. The van der Waals surface area contributed by atoms with Gasteiger partial charge in [-0.2, -0.15) is 5.10 Å². The molecule has 8 nitrogen and oxygen atoms in total. The van der Waals surface area contributed by atoms with E-state index in [1.165, 1.54) is 6.26 Å². The Hall–Kier alpha value is -3.46. The van der Waals surface area contributed by atoms with E-state index in [9.17, 15) is 13.2 Å². The fourth-order valence-corrected chi connectivity index (χ4v) is 5.60. The molecule has 1 saturated heterocycles. The molecule has 1 fully saturated rings. The van der Waals surface area contributed by atoms with E-state index >= 15 is 0 Å². The highest BCUT2D eigenvalue weighted by atomic mass is 32.2. The summed E-state index contributed by atoms with van der Waals surface area (Å²) in [4.78, 5) is 17.5. The maximum Gasteiger partial charge on any atom is 0.276 e. The van der Waals surface area contributed by atoms with Gasteiger partial charge in [-0.1, -0.05) is 6.07 Å². The minimum Gasteiger partial charge on any atom is -0.463 e. The Morgan fingerprint density at radius 3 is 2.81 bits per heavy atom. The summed E-state index contributed by atoms with van der Waals surface area (Å²) in [5.41, 5.74) is 3.08. The summed E-state index contributed by atoms with van der Waals surface area (Å²) in [5, 5.41) is 8.21. The van der Waals surface area contributed by atoms with Gasteiger partial charge in [-0.3, -0.25) is 14.5 Å². The average Bonchev–Trinajstić information content (AvgIpc) is 3.46. The van der Waals surface area contributed by atoms with Crippen molar-refractivity contribution in [2.45, 2.75) is 19.4 Å². The number of furan rings is 1. The predicted molar refractivity (Wildman–Crippen MR) is 117 cm³/mol. The third-order valence-electron chi connectivity index (χ3n) is 5.42. The van der Waals surface area contributed by atoms with Crippen molar-refractivity contribution < 1.29 is 17.6 Å². The lowest BCUT2D eigenvalue weighted by molar-refractivity contribution is 0.102. The van der Waals surface area contributed by atoms with Crippen LogP contribution in [0.3, 0.4) is 0 Å². The maximum atomic E-state index is 13.0. The van der Waals surface area contributed by atoms with Gasteiger partial charge in [0, 0.05) is 17.1 Å². The van der Waals surface area contributed by atoms with Crippen molar-refractivity contribution >= 4 is 32.3 Å². The quantitative estimate of drug-likeness (QED) is 0.524. The van der Waals surface area contributed by atoms with Crippen LogP contribution in [0.25, 0.3) is 22.4 Å². The van der Waals surface area contributed by atoms with Crippen molar-refractivity contribution in [2.24, 2.45) is 0 Å². The first kappa shape index (κ1) is 19.5. The molecule has 3 aromatic heterocycles. The molecule has 1 N–H and O–H groups in total. The van der Waals surface area contributed by atoms with Gasteiger partial charge in [0.15, 0.2) is 21.3 Å². The molecule has 0 bridgehead atoms. The van der Waals surface area contributed by atoms with Gasteiger partial charge < -0.3 is 9.73 Å². The SMILES string of the molecule is Cc1ccc2c(NC(=O)c3cc(-c4ccco4)n(C4CCS(=O)(=O)C4)n3)cccc2n1. The van der Waals surface area contributed by atoms with Gasteiger partial charge >= 0.3 is 0 Å². The number of carbonyl (C=O) groups excluding carboxylic acids is 1. The second-order valence-electron chi connectivity index (χ2n) is 7.67. The molecule has 0 saturated carbocycles. The molecule has 158 valence electrons. The van der Waals surface area contributed by atoms with E-state index in [2.05, 4.69) is 15.4 Å². The van der Waals surface area contributed by atoms with Crippen LogP contribution in [0.5, 0.6) is 0 Å². The summed E-state index contributed by atoms with van der Waals surface area (Å²) in [6.45, 7) is 1.91. The van der Waals surface area contributed by atoms with Crippen LogP contribution in [0, 0.1) is 6.92 Å². The van der Waals surface area contributed by atoms with Crippen molar-refractivity contribution in [3.05, 3.63) is 66.2 Å². The Labute approximate surface area is 178 Å². The fraction of sp³-hybridized carbons (Fsp3) is 0.227. The van der Waals surface area contributed by atoms with Crippen LogP contribution in [-0.4, -0.2) is 40.6 Å². The molecule has 1 aliphatic rings. The molecule has 1 atom stereocenters. The predicted octanol–water partition coefficient (Wildman–Crippen LogP) is 3.61. The number of rotatable bonds is 4. The van der Waals surface area contributed by atoms with Crippen LogP contribution in [0.4, 0.5) is 5.69 Å². The summed E-state index contributed by atoms with van der Waals surface area (Å²) in [7, 11) is -3.12. The molecule has 4 heterocycles. The number of hydrogen-bond donors (Lipinski definition) is 1. The van der Waals surface area contributed by atoms with Crippen LogP contribution >= 0.6 is 0 Å². The van der Waals surface area contributed by atoms with Crippen molar-refractivity contribution in [3.8, 4) is 11.5 Å². The van der Waals surface area contributed by atoms with Gasteiger partial charge in [-0.25, -0.2) is 8.42 Å². The van der Waals surface area contributed by atoms with Gasteiger partial charge in [0.05, 0.1) is 35.0 Å². The Morgan fingerprint density at radius 2 is 2.06 bits per heavy atom. The van der Waals surface area contributed by atoms with Gasteiger partial charge in [-0.05, 0) is 49.7 Å². The highest BCUT2D eigenvalue weighted by Crippen LogP contribution is 2.31. The Morgan fingerprint density at radius 1 is 1.19 bits per heavy atom. The molecule has 0 spiro atoms. The van der Waals surface area contributed by atoms with Crippen molar-refractivity contribution in [1.82, 2.24) is 14.8 Å². The molecule has 5 rings (SSSR count). The lowest BCUT2D eigenvalue weighted by Crippen LogP contribution is -2.16. The summed E-state index contributed by atoms with van der Waals surface area (Å²) in [6, 6.07) is 14.1. The lowest BCUT2D eigenvalue weighted by Gasteiger charge is -2.11. The van der Waals surface area contributed by atoms with E-state index in [1.807, 2.05) is 37.3 Å². The highest BCUT2D eigenvalue weighted by Gasteiger charge is 2.32. The molecule has 1 aromatic carbocycles. The number of sulfone groups is 1. The van der Waals surface area contributed by atoms with E-state index in [0.29, 0.717) is 23.6 Å². The lowest BCUT2D eigenvalue weighted by atomic mass is 10.1. The number of nitrogens with one attached hydrogen (secondary N) is 1. The number of aromatic nitrogens is 3. The number of anilines is 1. The molecule has 31 heavy (non-hydrogen) atoms. The summed E-state index contributed by atoms with van der Waals surface area (Å²) < 4.78 is 31.1. The molecule has 9 heteroatoms. The Balaban J connectivity index is 1.51. The van der Waals surface area contributed by atoms with E-state index in [-0.39, 0.29) is 29.1 Å². The number of fused-ring (bicyclic) bond motifs is 1. The standard InChI is InChI=1S/C22H20N4O4S/c1-14-7-8-16-17(23-14)4-2-5-18(16)24-22(27)19-12-20(21-6-3-10-30-21)26(25-19)15-9-11-31(28,29)13-15/h2-8,10,12,15H,9,11,13H2,1H3,(H,24,27). The third-order valence-corrected chi connectivity index (χ3v) is 7.17. The molecule has 0 aliphatic carbocycles. The van der Waals surface area contributed by atoms with Crippen LogP contribution in [0.15, 0.2) is 59.2 Å². The zero-order valence-corrected chi connectivity index (χ0v) is 17.6. The molecular formula is C22H20N4O4S. The number of nitrogens with zero attached hydrogens (tertiary/aromatic N) is 3. The first-order chi connectivity index (χ1) is 14.9. The molecule has 0 radical (unpaired) electrons. The van der Waals surface area contributed by atoms with Gasteiger partial charge in [0.2, 0.25) is 0 Å². The van der Waals surface area contributed by atoms with Crippen molar-refractivity contribution in [1.29, 1.82) is 0 Å². The second-order valence-corrected chi connectivity index (χ2v) is 9.90. The van der Waals surface area contributed by atoms with Gasteiger partial charge in [-0.15, -0.1) is 0 Å².